The first kappa shape index (κ1) is 17.1. The average Bonchev–Trinajstić information content (AvgIpc) is 2.49. The Hall–Kier alpha value is -1.23. The molecule has 2 N–H and O–H groups in total. The number of rotatable bonds is 3. The van der Waals surface area contributed by atoms with Crippen LogP contribution in [0.4, 0.5) is 0 Å². The lowest BCUT2D eigenvalue weighted by molar-refractivity contribution is 0.464. The Morgan fingerprint density at radius 1 is 1.00 bits per heavy atom. The Labute approximate surface area is 146 Å². The van der Waals surface area contributed by atoms with Crippen molar-refractivity contribution in [1.29, 1.82) is 0 Å². The minimum atomic E-state index is 0.295. The minimum Gasteiger partial charge on any atom is -0.508 e. The van der Waals surface area contributed by atoms with Crippen LogP contribution in [0, 0.1) is 24.3 Å². The molecule has 2 aromatic carbocycles. The van der Waals surface area contributed by atoms with Gasteiger partial charge in [-0.05, 0) is 95.1 Å². The third kappa shape index (κ3) is 3.09. The maximum atomic E-state index is 10.2. The molecule has 0 saturated heterocycles. The van der Waals surface area contributed by atoms with Crippen LogP contribution in [-0.2, 0) is 6.42 Å². The zero-order valence-corrected chi connectivity index (χ0v) is 15.9. The quantitative estimate of drug-likeness (QED) is 0.671. The highest BCUT2D eigenvalue weighted by molar-refractivity contribution is 14.1. The lowest BCUT2D eigenvalue weighted by Crippen LogP contribution is -2.02. The summed E-state index contributed by atoms with van der Waals surface area (Å²) >= 11 is 2.21. The molecule has 2 rings (SSSR count). The Kier molecular flexibility index (Phi) is 5.05. The number of halogens is 1. The van der Waals surface area contributed by atoms with E-state index in [9.17, 15) is 10.2 Å². The zero-order valence-electron chi connectivity index (χ0n) is 13.8. The maximum absolute atomic E-state index is 10.2. The SMILES string of the molecule is Cc1c(C)c(Cc2ccc(O)c(C(C)C)c2)c(C)c(I)c1O. The van der Waals surface area contributed by atoms with Crippen molar-refractivity contribution in [2.75, 3.05) is 0 Å². The van der Waals surface area contributed by atoms with Crippen LogP contribution in [0.5, 0.6) is 11.5 Å². The zero-order chi connectivity index (χ0) is 16.6. The number of phenols is 2. The molecule has 3 heteroatoms. The highest BCUT2D eigenvalue weighted by Gasteiger charge is 2.16. The normalized spacial score (nSPS) is 11.2. The number of phenolic OH excluding ortho intramolecular Hbond substituents is 2. The molecule has 0 spiro atoms. The minimum absolute atomic E-state index is 0.295. The molecule has 118 valence electrons. The second kappa shape index (κ2) is 6.49. The van der Waals surface area contributed by atoms with Gasteiger partial charge in [-0.25, -0.2) is 0 Å². The molecule has 2 aromatic rings. The van der Waals surface area contributed by atoms with Gasteiger partial charge in [-0.3, -0.25) is 0 Å². The van der Waals surface area contributed by atoms with E-state index in [0.29, 0.717) is 17.4 Å². The van der Waals surface area contributed by atoms with Crippen LogP contribution >= 0.6 is 22.6 Å². The molecule has 0 aliphatic rings. The summed E-state index contributed by atoms with van der Waals surface area (Å²) < 4.78 is 0.929. The first-order valence-corrected chi connectivity index (χ1v) is 8.60. The van der Waals surface area contributed by atoms with E-state index in [0.717, 1.165) is 32.2 Å². The second-order valence-electron chi connectivity index (χ2n) is 6.24. The van der Waals surface area contributed by atoms with Crippen LogP contribution in [0.15, 0.2) is 18.2 Å². The Morgan fingerprint density at radius 3 is 2.23 bits per heavy atom. The standard InChI is InChI=1S/C19H23IO2/c1-10(2)15-8-14(6-7-17(15)21)9-16-11(3)12(4)19(22)18(20)13(16)5/h6-8,10,21-22H,9H2,1-5H3. The summed E-state index contributed by atoms with van der Waals surface area (Å²) in [5.74, 6) is 1.06. The molecule has 0 bridgehead atoms. The van der Waals surface area contributed by atoms with Crippen molar-refractivity contribution in [2.24, 2.45) is 0 Å². The average molecular weight is 410 g/mol. The van der Waals surface area contributed by atoms with Crippen LogP contribution < -0.4 is 0 Å². The van der Waals surface area contributed by atoms with Gasteiger partial charge in [0.2, 0.25) is 0 Å². The summed E-state index contributed by atoms with van der Waals surface area (Å²) in [5.41, 5.74) is 6.68. The molecule has 0 saturated carbocycles. The first-order chi connectivity index (χ1) is 10.2. The third-order valence-electron chi connectivity index (χ3n) is 4.46. The molecule has 22 heavy (non-hydrogen) atoms. The van der Waals surface area contributed by atoms with Crippen molar-refractivity contribution in [2.45, 2.75) is 47.0 Å². The van der Waals surface area contributed by atoms with Crippen LogP contribution in [0.1, 0.15) is 53.1 Å². The fraction of sp³-hybridized carbons (Fsp3) is 0.368. The van der Waals surface area contributed by atoms with Crippen molar-refractivity contribution < 1.29 is 10.2 Å². The Balaban J connectivity index is 2.50. The summed E-state index contributed by atoms with van der Waals surface area (Å²) in [4.78, 5) is 0. The topological polar surface area (TPSA) is 40.5 Å². The monoisotopic (exact) mass is 410 g/mol. The fourth-order valence-electron chi connectivity index (χ4n) is 2.81. The number of hydrogen-bond donors (Lipinski definition) is 2. The predicted molar refractivity (Wildman–Crippen MR) is 100 cm³/mol. The molecule has 0 fully saturated rings. The van der Waals surface area contributed by atoms with E-state index < -0.39 is 0 Å². The largest absolute Gasteiger partial charge is 0.508 e. The lowest BCUT2D eigenvalue weighted by atomic mass is 9.91. The van der Waals surface area contributed by atoms with Gasteiger partial charge in [0.25, 0.3) is 0 Å². The van der Waals surface area contributed by atoms with Gasteiger partial charge in [0.1, 0.15) is 11.5 Å². The molecular formula is C19H23IO2. The van der Waals surface area contributed by atoms with Gasteiger partial charge < -0.3 is 10.2 Å². The molecule has 0 heterocycles. The van der Waals surface area contributed by atoms with Gasteiger partial charge in [-0.15, -0.1) is 0 Å². The summed E-state index contributed by atoms with van der Waals surface area (Å²) in [5, 5.41) is 20.1. The molecular weight excluding hydrogens is 387 g/mol. The first-order valence-electron chi connectivity index (χ1n) is 7.52. The highest BCUT2D eigenvalue weighted by Crippen LogP contribution is 2.35. The van der Waals surface area contributed by atoms with E-state index in [4.69, 9.17) is 0 Å². The van der Waals surface area contributed by atoms with E-state index in [1.54, 1.807) is 6.07 Å². The van der Waals surface area contributed by atoms with Crippen LogP contribution in [0.3, 0.4) is 0 Å². The summed E-state index contributed by atoms with van der Waals surface area (Å²) in [6.07, 6.45) is 0.814. The molecule has 0 radical (unpaired) electrons. The molecule has 0 aromatic heterocycles. The van der Waals surface area contributed by atoms with Crippen molar-refractivity contribution in [3.8, 4) is 11.5 Å². The lowest BCUT2D eigenvalue weighted by Gasteiger charge is -2.17. The van der Waals surface area contributed by atoms with E-state index in [1.165, 1.54) is 11.1 Å². The fourth-order valence-corrected chi connectivity index (χ4v) is 3.54. The van der Waals surface area contributed by atoms with Gasteiger partial charge in [0.15, 0.2) is 0 Å². The van der Waals surface area contributed by atoms with Gasteiger partial charge in [-0.2, -0.15) is 0 Å². The molecule has 0 aliphatic carbocycles. The van der Waals surface area contributed by atoms with Crippen molar-refractivity contribution in [3.05, 3.63) is 55.1 Å². The van der Waals surface area contributed by atoms with Crippen LogP contribution in [0.2, 0.25) is 0 Å². The van der Waals surface area contributed by atoms with Crippen LogP contribution in [-0.4, -0.2) is 10.2 Å². The maximum Gasteiger partial charge on any atom is 0.132 e. The van der Waals surface area contributed by atoms with Crippen molar-refractivity contribution >= 4 is 22.6 Å². The van der Waals surface area contributed by atoms with Gasteiger partial charge in [-0.1, -0.05) is 26.0 Å². The predicted octanol–water partition coefficient (Wildman–Crippen LogP) is 5.34. The van der Waals surface area contributed by atoms with E-state index in [-0.39, 0.29) is 0 Å². The van der Waals surface area contributed by atoms with E-state index in [2.05, 4.69) is 56.4 Å². The third-order valence-corrected chi connectivity index (χ3v) is 5.77. The number of benzene rings is 2. The molecule has 0 atom stereocenters. The van der Waals surface area contributed by atoms with Crippen molar-refractivity contribution in [1.82, 2.24) is 0 Å². The van der Waals surface area contributed by atoms with Gasteiger partial charge in [0.05, 0.1) is 3.57 Å². The summed E-state index contributed by atoms with van der Waals surface area (Å²) in [6.45, 7) is 10.3. The molecule has 0 aliphatic heterocycles. The second-order valence-corrected chi connectivity index (χ2v) is 7.32. The smallest absolute Gasteiger partial charge is 0.132 e. The van der Waals surface area contributed by atoms with E-state index >= 15 is 0 Å². The number of hydrogen-bond acceptors (Lipinski definition) is 2. The summed E-state index contributed by atoms with van der Waals surface area (Å²) in [7, 11) is 0. The Morgan fingerprint density at radius 2 is 1.64 bits per heavy atom. The van der Waals surface area contributed by atoms with E-state index in [1.807, 2.05) is 13.0 Å². The molecule has 0 amide bonds. The number of aromatic hydroxyl groups is 2. The van der Waals surface area contributed by atoms with Crippen molar-refractivity contribution in [3.63, 3.8) is 0 Å². The summed E-state index contributed by atoms with van der Waals surface area (Å²) in [6, 6.07) is 5.86. The molecule has 0 unspecified atom stereocenters. The molecule has 2 nitrogen and oxygen atoms in total. The highest BCUT2D eigenvalue weighted by atomic mass is 127. The van der Waals surface area contributed by atoms with Crippen LogP contribution in [0.25, 0.3) is 0 Å². The van der Waals surface area contributed by atoms with Gasteiger partial charge >= 0.3 is 0 Å². The van der Waals surface area contributed by atoms with Gasteiger partial charge in [0, 0.05) is 0 Å². The Bertz CT molecular complexity index is 689.